The minimum Gasteiger partial charge on any atom is -0.396 e. The average Bonchev–Trinajstić information content (AvgIpc) is 2.48. The molecule has 1 atom stereocenters. The molecule has 1 heterocycles. The van der Waals surface area contributed by atoms with E-state index in [1.807, 2.05) is 6.07 Å². The van der Waals surface area contributed by atoms with Crippen molar-refractivity contribution in [1.82, 2.24) is 4.90 Å². The first kappa shape index (κ1) is 15.5. The van der Waals surface area contributed by atoms with Crippen molar-refractivity contribution in [2.45, 2.75) is 39.3 Å². The van der Waals surface area contributed by atoms with Crippen LogP contribution in [0.1, 0.15) is 32.3 Å². The molecule has 0 aliphatic carbocycles. The van der Waals surface area contributed by atoms with Crippen LogP contribution in [-0.4, -0.2) is 42.4 Å². The number of ether oxygens (including phenoxy) is 1. The Labute approximate surface area is 122 Å². The summed E-state index contributed by atoms with van der Waals surface area (Å²) in [5.74, 6) is 0. The lowest BCUT2D eigenvalue weighted by Crippen LogP contribution is -2.47. The van der Waals surface area contributed by atoms with E-state index in [4.69, 9.17) is 4.74 Å². The quantitative estimate of drug-likeness (QED) is 0.868. The normalized spacial score (nSPS) is 23.4. The molecule has 3 nitrogen and oxygen atoms in total. The first-order valence-electron chi connectivity index (χ1n) is 7.62. The van der Waals surface area contributed by atoms with Gasteiger partial charge in [-0.3, -0.25) is 4.90 Å². The second-order valence-electron chi connectivity index (χ2n) is 6.30. The molecule has 112 valence electrons. The Kier molecular flexibility index (Phi) is 5.58. The van der Waals surface area contributed by atoms with E-state index < -0.39 is 0 Å². The Hall–Kier alpha value is -0.900. The van der Waals surface area contributed by atoms with Crippen molar-refractivity contribution in [2.75, 3.05) is 26.4 Å². The van der Waals surface area contributed by atoms with Gasteiger partial charge in [0.15, 0.2) is 0 Å². The predicted octanol–water partition coefficient (Wildman–Crippen LogP) is 2.69. The van der Waals surface area contributed by atoms with Crippen molar-refractivity contribution >= 4 is 0 Å². The summed E-state index contributed by atoms with van der Waals surface area (Å²) in [5.41, 5.74) is 1.24. The predicted molar refractivity (Wildman–Crippen MR) is 81.6 cm³/mol. The first-order chi connectivity index (χ1) is 9.65. The van der Waals surface area contributed by atoms with Crippen molar-refractivity contribution in [3.63, 3.8) is 0 Å². The van der Waals surface area contributed by atoms with Crippen molar-refractivity contribution in [1.29, 1.82) is 0 Å². The highest BCUT2D eigenvalue weighted by Crippen LogP contribution is 2.30. The minimum atomic E-state index is -0.0860. The van der Waals surface area contributed by atoms with Gasteiger partial charge >= 0.3 is 0 Å². The van der Waals surface area contributed by atoms with E-state index in [1.54, 1.807) is 0 Å². The van der Waals surface area contributed by atoms with Gasteiger partial charge < -0.3 is 9.84 Å². The van der Waals surface area contributed by atoms with E-state index in [2.05, 4.69) is 43.0 Å². The van der Waals surface area contributed by atoms with Crippen LogP contribution in [0, 0.1) is 5.41 Å². The fraction of sp³-hybridized carbons (Fsp3) is 0.647. The Balaban J connectivity index is 2.04. The van der Waals surface area contributed by atoms with Gasteiger partial charge in [-0.05, 0) is 32.3 Å². The Morgan fingerprint density at radius 1 is 1.30 bits per heavy atom. The fourth-order valence-electron chi connectivity index (χ4n) is 2.88. The Morgan fingerprint density at radius 3 is 2.60 bits per heavy atom. The Bertz CT molecular complexity index is 385. The molecule has 0 saturated carbocycles. The molecule has 1 aromatic carbocycles. The highest BCUT2D eigenvalue weighted by Gasteiger charge is 2.34. The zero-order valence-electron chi connectivity index (χ0n) is 12.7. The van der Waals surface area contributed by atoms with Crippen LogP contribution in [0.25, 0.3) is 0 Å². The van der Waals surface area contributed by atoms with Crippen molar-refractivity contribution < 1.29 is 9.84 Å². The molecule has 1 aliphatic rings. The smallest absolute Gasteiger partial charge is 0.0556 e. The zero-order valence-corrected chi connectivity index (χ0v) is 12.7. The number of aliphatic hydroxyl groups excluding tert-OH is 1. The van der Waals surface area contributed by atoms with Gasteiger partial charge in [0.2, 0.25) is 0 Å². The summed E-state index contributed by atoms with van der Waals surface area (Å²) in [6, 6.07) is 11.0. The van der Waals surface area contributed by atoms with Crippen LogP contribution < -0.4 is 0 Å². The summed E-state index contributed by atoms with van der Waals surface area (Å²) in [6.45, 7) is 8.00. The molecule has 2 rings (SSSR count). The molecule has 0 radical (unpaired) electrons. The van der Waals surface area contributed by atoms with E-state index in [0.717, 1.165) is 32.5 Å². The molecule has 1 aromatic rings. The van der Waals surface area contributed by atoms with Gasteiger partial charge in [-0.2, -0.15) is 0 Å². The van der Waals surface area contributed by atoms with Crippen LogP contribution in [0.4, 0.5) is 0 Å². The molecule has 0 bridgehead atoms. The number of benzene rings is 1. The molecule has 1 saturated heterocycles. The molecule has 20 heavy (non-hydrogen) atoms. The maximum absolute atomic E-state index is 9.83. The number of hydrogen-bond donors (Lipinski definition) is 1. The van der Waals surface area contributed by atoms with Crippen molar-refractivity contribution in [3.05, 3.63) is 35.9 Å². The Morgan fingerprint density at radius 2 is 2.05 bits per heavy atom. The van der Waals surface area contributed by atoms with E-state index in [1.165, 1.54) is 5.56 Å². The lowest BCUT2D eigenvalue weighted by Gasteiger charge is -2.41. The van der Waals surface area contributed by atoms with Gasteiger partial charge in [-0.15, -0.1) is 0 Å². The van der Waals surface area contributed by atoms with Crippen LogP contribution in [0.3, 0.4) is 0 Å². The fourth-order valence-corrected chi connectivity index (χ4v) is 2.88. The lowest BCUT2D eigenvalue weighted by atomic mass is 9.82. The van der Waals surface area contributed by atoms with Gasteiger partial charge in [0.1, 0.15) is 0 Å². The van der Waals surface area contributed by atoms with Crippen LogP contribution in [0.5, 0.6) is 0 Å². The van der Waals surface area contributed by atoms with Gasteiger partial charge in [0, 0.05) is 31.2 Å². The summed E-state index contributed by atoms with van der Waals surface area (Å²) in [6.07, 6.45) is 2.11. The second kappa shape index (κ2) is 7.21. The molecule has 1 unspecified atom stereocenters. The highest BCUT2D eigenvalue weighted by atomic mass is 16.5. The van der Waals surface area contributed by atoms with Gasteiger partial charge in [0.05, 0.1) is 13.2 Å². The standard InChI is InChI=1S/C17H27NO2/c1-15(2)18(11-16-7-4-3-5-8-16)12-17(13-19)9-6-10-20-14-17/h3-5,7-8,15,19H,6,9-14H2,1-2H3. The molecule has 1 aliphatic heterocycles. The molecule has 1 N–H and O–H groups in total. The average molecular weight is 277 g/mol. The van der Waals surface area contributed by atoms with E-state index in [0.29, 0.717) is 12.6 Å². The van der Waals surface area contributed by atoms with Gasteiger partial charge in [-0.1, -0.05) is 30.3 Å². The molecular formula is C17H27NO2. The minimum absolute atomic E-state index is 0.0860. The monoisotopic (exact) mass is 277 g/mol. The summed E-state index contributed by atoms with van der Waals surface area (Å²) in [5, 5.41) is 9.83. The third-order valence-corrected chi connectivity index (χ3v) is 4.24. The first-order valence-corrected chi connectivity index (χ1v) is 7.62. The zero-order chi connectivity index (χ0) is 14.4. The summed E-state index contributed by atoms with van der Waals surface area (Å²) in [4.78, 5) is 2.44. The van der Waals surface area contributed by atoms with E-state index in [9.17, 15) is 5.11 Å². The number of nitrogens with zero attached hydrogens (tertiary/aromatic N) is 1. The van der Waals surface area contributed by atoms with Crippen LogP contribution in [0.2, 0.25) is 0 Å². The van der Waals surface area contributed by atoms with Gasteiger partial charge in [-0.25, -0.2) is 0 Å². The number of hydrogen-bond acceptors (Lipinski definition) is 3. The lowest BCUT2D eigenvalue weighted by molar-refractivity contribution is -0.0606. The van der Waals surface area contributed by atoms with Crippen LogP contribution in [-0.2, 0) is 11.3 Å². The summed E-state index contributed by atoms with van der Waals surface area (Å²) < 4.78 is 5.62. The van der Waals surface area contributed by atoms with Gasteiger partial charge in [0.25, 0.3) is 0 Å². The van der Waals surface area contributed by atoms with Crippen molar-refractivity contribution in [2.24, 2.45) is 5.41 Å². The molecule has 0 aromatic heterocycles. The van der Waals surface area contributed by atoms with Crippen LogP contribution >= 0.6 is 0 Å². The maximum Gasteiger partial charge on any atom is 0.0556 e. The highest BCUT2D eigenvalue weighted by molar-refractivity contribution is 5.14. The molecule has 3 heteroatoms. The second-order valence-corrected chi connectivity index (χ2v) is 6.30. The van der Waals surface area contributed by atoms with E-state index >= 15 is 0 Å². The molecule has 1 fully saturated rings. The SMILES string of the molecule is CC(C)N(Cc1ccccc1)CC1(CO)CCCOC1. The molecule has 0 amide bonds. The van der Waals surface area contributed by atoms with E-state index in [-0.39, 0.29) is 12.0 Å². The molecule has 0 spiro atoms. The largest absolute Gasteiger partial charge is 0.396 e. The summed E-state index contributed by atoms with van der Waals surface area (Å²) >= 11 is 0. The van der Waals surface area contributed by atoms with Crippen molar-refractivity contribution in [3.8, 4) is 0 Å². The molecular weight excluding hydrogens is 250 g/mol. The van der Waals surface area contributed by atoms with Crippen LogP contribution in [0.15, 0.2) is 30.3 Å². The topological polar surface area (TPSA) is 32.7 Å². The maximum atomic E-state index is 9.83. The number of aliphatic hydroxyl groups is 1. The summed E-state index contributed by atoms with van der Waals surface area (Å²) in [7, 11) is 0. The third kappa shape index (κ3) is 4.05. The number of rotatable bonds is 6. The third-order valence-electron chi connectivity index (χ3n) is 4.24.